The van der Waals surface area contributed by atoms with Crippen LogP contribution in [0.3, 0.4) is 0 Å². The predicted octanol–water partition coefficient (Wildman–Crippen LogP) is 1.14. The first-order valence-corrected chi connectivity index (χ1v) is 5.19. The van der Waals surface area contributed by atoms with Crippen LogP contribution in [0, 0.1) is 0 Å². The Morgan fingerprint density at radius 2 is 2.33 bits per heavy atom. The van der Waals surface area contributed by atoms with E-state index in [9.17, 15) is 5.11 Å². The fraction of sp³-hybridized carbons (Fsp3) is 0.727. The van der Waals surface area contributed by atoms with Gasteiger partial charge in [0.05, 0.1) is 11.7 Å². The predicted molar refractivity (Wildman–Crippen MR) is 58.6 cm³/mol. The summed E-state index contributed by atoms with van der Waals surface area (Å²) >= 11 is 0. The van der Waals surface area contributed by atoms with E-state index < -0.39 is 5.60 Å². The molecule has 0 saturated carbocycles. The molecule has 0 aliphatic carbocycles. The van der Waals surface area contributed by atoms with E-state index in [0.29, 0.717) is 6.42 Å². The molecule has 2 unspecified atom stereocenters. The van der Waals surface area contributed by atoms with Crippen molar-refractivity contribution < 1.29 is 9.84 Å². The van der Waals surface area contributed by atoms with Crippen molar-refractivity contribution in [1.29, 1.82) is 0 Å². The maximum Gasteiger partial charge on any atom is 0.0881 e. The highest BCUT2D eigenvalue weighted by atomic mass is 16.5. The van der Waals surface area contributed by atoms with Crippen LogP contribution in [0.1, 0.15) is 26.0 Å². The van der Waals surface area contributed by atoms with Crippen molar-refractivity contribution in [3.8, 4) is 0 Å². The van der Waals surface area contributed by atoms with E-state index in [4.69, 9.17) is 4.74 Å². The van der Waals surface area contributed by atoms with Crippen LogP contribution >= 0.6 is 0 Å². The largest absolute Gasteiger partial charge is 0.387 e. The number of aryl methyl sites for hydroxylation is 2. The number of rotatable bonds is 5. The Hall–Kier alpha value is -0.870. The zero-order chi connectivity index (χ0) is 11.5. The number of methoxy groups -OCH3 is 1. The van der Waals surface area contributed by atoms with Crippen LogP contribution in [0.5, 0.6) is 0 Å². The molecule has 2 atom stereocenters. The fourth-order valence-electron chi connectivity index (χ4n) is 1.48. The van der Waals surface area contributed by atoms with Crippen LogP contribution in [-0.2, 0) is 18.2 Å². The Kier molecular flexibility index (Phi) is 3.88. The standard InChI is InChI=1S/C11H20N2O2/c1-9(15-4)11(2,14)7-5-10-6-8-12-13(10)3/h6,8-9,14H,5,7H2,1-4H3. The van der Waals surface area contributed by atoms with E-state index in [0.717, 1.165) is 12.1 Å². The van der Waals surface area contributed by atoms with Crippen LogP contribution in [0.25, 0.3) is 0 Å². The maximum absolute atomic E-state index is 10.1. The Labute approximate surface area is 90.9 Å². The van der Waals surface area contributed by atoms with Crippen LogP contribution in [0.2, 0.25) is 0 Å². The van der Waals surface area contributed by atoms with Crippen molar-refractivity contribution in [2.24, 2.45) is 7.05 Å². The minimum absolute atomic E-state index is 0.161. The lowest BCUT2D eigenvalue weighted by atomic mass is 9.93. The maximum atomic E-state index is 10.1. The van der Waals surface area contributed by atoms with Gasteiger partial charge in [-0.05, 0) is 32.8 Å². The third kappa shape index (κ3) is 3.04. The van der Waals surface area contributed by atoms with Crippen molar-refractivity contribution in [3.63, 3.8) is 0 Å². The SMILES string of the molecule is COC(C)C(C)(O)CCc1ccnn1C. The smallest absolute Gasteiger partial charge is 0.0881 e. The van der Waals surface area contributed by atoms with Gasteiger partial charge in [-0.15, -0.1) is 0 Å². The summed E-state index contributed by atoms with van der Waals surface area (Å²) in [6.07, 6.45) is 3.08. The lowest BCUT2D eigenvalue weighted by Crippen LogP contribution is -2.39. The summed E-state index contributed by atoms with van der Waals surface area (Å²) in [4.78, 5) is 0. The number of hydrogen-bond donors (Lipinski definition) is 1. The van der Waals surface area contributed by atoms with Crippen LogP contribution in [-0.4, -0.2) is 33.7 Å². The van der Waals surface area contributed by atoms with Gasteiger partial charge >= 0.3 is 0 Å². The summed E-state index contributed by atoms with van der Waals surface area (Å²) in [5.41, 5.74) is 0.331. The van der Waals surface area contributed by atoms with Gasteiger partial charge in [0.15, 0.2) is 0 Å². The molecule has 1 heterocycles. The average Bonchev–Trinajstić information content (AvgIpc) is 2.60. The highest BCUT2D eigenvalue weighted by Crippen LogP contribution is 2.19. The normalized spacial score (nSPS) is 17.4. The first kappa shape index (κ1) is 12.2. The zero-order valence-corrected chi connectivity index (χ0v) is 9.90. The Balaban J connectivity index is 2.53. The highest BCUT2D eigenvalue weighted by molar-refractivity contribution is 5.01. The van der Waals surface area contributed by atoms with Gasteiger partial charge in [0, 0.05) is 26.0 Å². The molecule has 1 rings (SSSR count). The molecule has 0 amide bonds. The van der Waals surface area contributed by atoms with Gasteiger partial charge in [0.1, 0.15) is 0 Å². The van der Waals surface area contributed by atoms with Crippen LogP contribution < -0.4 is 0 Å². The quantitative estimate of drug-likeness (QED) is 0.796. The van der Waals surface area contributed by atoms with E-state index in [1.165, 1.54) is 0 Å². The first-order chi connectivity index (χ1) is 6.97. The summed E-state index contributed by atoms with van der Waals surface area (Å²) in [5.74, 6) is 0. The molecule has 0 bridgehead atoms. The molecule has 86 valence electrons. The molecular weight excluding hydrogens is 192 g/mol. The second-order valence-electron chi connectivity index (χ2n) is 4.18. The zero-order valence-electron chi connectivity index (χ0n) is 9.90. The van der Waals surface area contributed by atoms with Crippen molar-refractivity contribution in [1.82, 2.24) is 9.78 Å². The molecule has 0 aliphatic rings. The molecule has 1 aromatic heterocycles. The second kappa shape index (κ2) is 4.77. The minimum Gasteiger partial charge on any atom is -0.387 e. The van der Waals surface area contributed by atoms with Gasteiger partial charge in [-0.3, -0.25) is 4.68 Å². The first-order valence-electron chi connectivity index (χ1n) is 5.19. The Bertz CT molecular complexity index is 307. The van der Waals surface area contributed by atoms with E-state index in [-0.39, 0.29) is 6.10 Å². The van der Waals surface area contributed by atoms with E-state index in [1.807, 2.05) is 24.7 Å². The van der Waals surface area contributed by atoms with E-state index >= 15 is 0 Å². The molecular formula is C11H20N2O2. The van der Waals surface area contributed by atoms with Crippen molar-refractivity contribution in [3.05, 3.63) is 18.0 Å². The number of ether oxygens (including phenoxy) is 1. The van der Waals surface area contributed by atoms with Crippen molar-refractivity contribution >= 4 is 0 Å². The van der Waals surface area contributed by atoms with E-state index in [1.54, 1.807) is 20.2 Å². The van der Waals surface area contributed by atoms with Gasteiger partial charge in [0.2, 0.25) is 0 Å². The summed E-state index contributed by atoms with van der Waals surface area (Å²) in [7, 11) is 3.52. The third-order valence-electron chi connectivity index (χ3n) is 3.04. The van der Waals surface area contributed by atoms with Crippen LogP contribution in [0.15, 0.2) is 12.3 Å². The molecule has 0 saturated heterocycles. The molecule has 0 aliphatic heterocycles. The van der Waals surface area contributed by atoms with Crippen molar-refractivity contribution in [2.75, 3.05) is 7.11 Å². The lowest BCUT2D eigenvalue weighted by Gasteiger charge is -2.29. The molecule has 0 aromatic carbocycles. The molecule has 1 aromatic rings. The number of aromatic nitrogens is 2. The third-order valence-corrected chi connectivity index (χ3v) is 3.04. The molecule has 15 heavy (non-hydrogen) atoms. The molecule has 0 spiro atoms. The lowest BCUT2D eigenvalue weighted by molar-refractivity contribution is -0.0768. The Morgan fingerprint density at radius 1 is 1.67 bits per heavy atom. The molecule has 0 fully saturated rings. The summed E-state index contributed by atoms with van der Waals surface area (Å²) in [6, 6.07) is 1.97. The van der Waals surface area contributed by atoms with Gasteiger partial charge in [-0.2, -0.15) is 5.10 Å². The average molecular weight is 212 g/mol. The fourth-order valence-corrected chi connectivity index (χ4v) is 1.48. The Morgan fingerprint density at radius 3 is 2.80 bits per heavy atom. The number of nitrogens with zero attached hydrogens (tertiary/aromatic N) is 2. The summed E-state index contributed by atoms with van der Waals surface area (Å²) < 4.78 is 6.97. The van der Waals surface area contributed by atoms with E-state index in [2.05, 4.69) is 5.10 Å². The second-order valence-corrected chi connectivity index (χ2v) is 4.18. The summed E-state index contributed by atoms with van der Waals surface area (Å²) in [6.45, 7) is 3.68. The number of hydrogen-bond acceptors (Lipinski definition) is 3. The summed E-state index contributed by atoms with van der Waals surface area (Å²) in [5, 5.41) is 14.2. The number of aliphatic hydroxyl groups is 1. The van der Waals surface area contributed by atoms with Crippen molar-refractivity contribution in [2.45, 2.75) is 38.4 Å². The van der Waals surface area contributed by atoms with Gasteiger partial charge in [-0.25, -0.2) is 0 Å². The monoisotopic (exact) mass is 212 g/mol. The van der Waals surface area contributed by atoms with Gasteiger partial charge in [-0.1, -0.05) is 0 Å². The van der Waals surface area contributed by atoms with Crippen LogP contribution in [0.4, 0.5) is 0 Å². The highest BCUT2D eigenvalue weighted by Gasteiger charge is 2.28. The van der Waals surface area contributed by atoms with Gasteiger partial charge < -0.3 is 9.84 Å². The van der Waals surface area contributed by atoms with Gasteiger partial charge in [0.25, 0.3) is 0 Å². The topological polar surface area (TPSA) is 47.3 Å². The molecule has 4 heteroatoms. The molecule has 0 radical (unpaired) electrons. The molecule has 4 nitrogen and oxygen atoms in total. The molecule has 1 N–H and O–H groups in total. The minimum atomic E-state index is -0.793.